The van der Waals surface area contributed by atoms with Crippen LogP contribution in [0.2, 0.25) is 0 Å². The monoisotopic (exact) mass is 579 g/mol. The van der Waals surface area contributed by atoms with Crippen LogP contribution >= 0.6 is 0 Å². The number of carbonyl (C=O) groups is 2. The molecule has 2 aliphatic rings. The summed E-state index contributed by atoms with van der Waals surface area (Å²) < 4.78 is 44.4. The van der Waals surface area contributed by atoms with Crippen molar-refractivity contribution in [2.75, 3.05) is 36.5 Å². The van der Waals surface area contributed by atoms with E-state index >= 15 is 0 Å². The molecule has 0 spiro atoms. The summed E-state index contributed by atoms with van der Waals surface area (Å²) in [4.78, 5) is 32.4. The van der Waals surface area contributed by atoms with Crippen LogP contribution in [0.4, 0.5) is 24.7 Å². The van der Waals surface area contributed by atoms with Crippen molar-refractivity contribution in [3.63, 3.8) is 0 Å². The standard InChI is InChI=1S/C29H28F3N7O3/c30-19-3-6-23(32)22(11-19)24-12-20(31)14-38(24)26-15-39-25(13-33-26)35-36-28(39)29(42)34-21-4-1-17(2-5-21)18-7-9-37(10-8-18)27(41)16-40/h1-6,11,13,15,18,20,24,40H,7-10,12,14,16H2,(H,34,42)/t20-,24+/m0/s1. The largest absolute Gasteiger partial charge is 0.387 e. The average molecular weight is 580 g/mol. The Kier molecular flexibility index (Phi) is 7.50. The van der Waals surface area contributed by atoms with Gasteiger partial charge in [0.05, 0.1) is 25.0 Å². The molecule has 0 unspecified atom stereocenters. The van der Waals surface area contributed by atoms with E-state index in [9.17, 15) is 22.8 Å². The van der Waals surface area contributed by atoms with Gasteiger partial charge in [-0.05, 0) is 54.7 Å². The van der Waals surface area contributed by atoms with Crippen molar-refractivity contribution in [2.45, 2.75) is 37.4 Å². The van der Waals surface area contributed by atoms with E-state index in [-0.39, 0.29) is 47.6 Å². The molecule has 2 amide bonds. The molecule has 2 atom stereocenters. The van der Waals surface area contributed by atoms with E-state index < -0.39 is 36.4 Å². The Morgan fingerprint density at radius 2 is 1.81 bits per heavy atom. The van der Waals surface area contributed by atoms with Gasteiger partial charge in [-0.3, -0.25) is 14.0 Å². The van der Waals surface area contributed by atoms with Gasteiger partial charge in [-0.25, -0.2) is 18.2 Å². The molecule has 218 valence electrons. The second kappa shape index (κ2) is 11.4. The number of alkyl halides is 1. The molecule has 4 heterocycles. The maximum Gasteiger partial charge on any atom is 0.293 e. The number of aromatic nitrogens is 4. The van der Waals surface area contributed by atoms with E-state index in [1.807, 2.05) is 12.1 Å². The van der Waals surface area contributed by atoms with E-state index in [4.69, 9.17) is 5.11 Å². The Morgan fingerprint density at radius 1 is 1.05 bits per heavy atom. The molecule has 0 aliphatic carbocycles. The first-order chi connectivity index (χ1) is 20.3. The van der Waals surface area contributed by atoms with Gasteiger partial charge in [0, 0.05) is 30.8 Å². The van der Waals surface area contributed by atoms with Crippen molar-refractivity contribution >= 4 is 29.0 Å². The smallest absolute Gasteiger partial charge is 0.293 e. The lowest BCUT2D eigenvalue weighted by molar-refractivity contribution is -0.135. The molecule has 6 rings (SSSR count). The topological polar surface area (TPSA) is 116 Å². The van der Waals surface area contributed by atoms with E-state index in [0.29, 0.717) is 18.8 Å². The molecule has 10 nitrogen and oxygen atoms in total. The van der Waals surface area contributed by atoms with Crippen molar-refractivity contribution < 1.29 is 27.9 Å². The number of likely N-dealkylation sites (tertiary alicyclic amines) is 1. The minimum atomic E-state index is -1.28. The minimum Gasteiger partial charge on any atom is -0.387 e. The van der Waals surface area contributed by atoms with Gasteiger partial charge >= 0.3 is 0 Å². The highest BCUT2D eigenvalue weighted by atomic mass is 19.1. The molecule has 2 N–H and O–H groups in total. The Labute approximate surface area is 238 Å². The number of rotatable bonds is 6. The van der Waals surface area contributed by atoms with Crippen LogP contribution in [0.1, 0.15) is 53.0 Å². The number of anilines is 2. The van der Waals surface area contributed by atoms with Crippen molar-refractivity contribution in [3.05, 3.63) is 83.4 Å². The van der Waals surface area contributed by atoms with E-state index in [0.717, 1.165) is 36.6 Å². The third-order valence-electron chi connectivity index (χ3n) is 7.97. The zero-order chi connectivity index (χ0) is 29.4. The molecule has 0 saturated carbocycles. The van der Waals surface area contributed by atoms with Crippen LogP contribution in [0.25, 0.3) is 5.65 Å². The normalized spacial score (nSPS) is 19.4. The predicted molar refractivity (Wildman–Crippen MR) is 147 cm³/mol. The number of hydrogen-bond donors (Lipinski definition) is 2. The Morgan fingerprint density at radius 3 is 2.55 bits per heavy atom. The van der Waals surface area contributed by atoms with Crippen LogP contribution in [-0.2, 0) is 4.79 Å². The van der Waals surface area contributed by atoms with Gasteiger partial charge in [0.2, 0.25) is 11.7 Å². The maximum absolute atomic E-state index is 14.6. The third kappa shape index (κ3) is 5.39. The SMILES string of the molecule is O=C(Nc1ccc(C2CCN(C(=O)CO)CC2)cc1)c1nnc2cnc(N3C[C@@H](F)C[C@@H]3c3cc(F)ccc3F)cn12. The molecule has 0 radical (unpaired) electrons. The van der Waals surface area contributed by atoms with E-state index in [1.165, 1.54) is 16.8 Å². The molecule has 2 aliphatic heterocycles. The fraction of sp³-hybridized carbons (Fsp3) is 0.345. The second-order valence-corrected chi connectivity index (χ2v) is 10.6. The molecular weight excluding hydrogens is 551 g/mol. The highest BCUT2D eigenvalue weighted by molar-refractivity contribution is 6.02. The molecular formula is C29H28F3N7O3. The van der Waals surface area contributed by atoms with Crippen molar-refractivity contribution in [3.8, 4) is 0 Å². The van der Waals surface area contributed by atoms with Crippen LogP contribution in [0.5, 0.6) is 0 Å². The average Bonchev–Trinajstić information content (AvgIpc) is 3.61. The first-order valence-electron chi connectivity index (χ1n) is 13.7. The number of nitrogens with zero attached hydrogens (tertiary/aromatic N) is 6. The molecule has 0 bridgehead atoms. The zero-order valence-electron chi connectivity index (χ0n) is 22.5. The van der Waals surface area contributed by atoms with Gasteiger partial charge in [0.25, 0.3) is 5.91 Å². The van der Waals surface area contributed by atoms with Crippen molar-refractivity contribution in [1.29, 1.82) is 0 Å². The summed E-state index contributed by atoms with van der Waals surface area (Å²) in [5.41, 5.74) is 1.96. The lowest BCUT2D eigenvalue weighted by atomic mass is 9.89. The van der Waals surface area contributed by atoms with Gasteiger partial charge in [0.15, 0.2) is 5.65 Å². The van der Waals surface area contributed by atoms with Crippen molar-refractivity contribution in [1.82, 2.24) is 24.5 Å². The summed E-state index contributed by atoms with van der Waals surface area (Å²) >= 11 is 0. The number of carbonyl (C=O) groups excluding carboxylic acids is 2. The Balaban J connectivity index is 1.18. The maximum atomic E-state index is 14.6. The number of hydrogen-bond acceptors (Lipinski definition) is 7. The van der Waals surface area contributed by atoms with Crippen LogP contribution in [-0.4, -0.2) is 73.8 Å². The molecule has 2 fully saturated rings. The molecule has 2 aromatic carbocycles. The third-order valence-corrected chi connectivity index (χ3v) is 7.97. The van der Waals surface area contributed by atoms with Gasteiger partial charge in [-0.2, -0.15) is 0 Å². The van der Waals surface area contributed by atoms with Gasteiger partial charge in [0.1, 0.15) is 30.2 Å². The number of aliphatic hydroxyl groups excluding tert-OH is 1. The van der Waals surface area contributed by atoms with Gasteiger partial charge < -0.3 is 20.2 Å². The number of nitrogens with one attached hydrogen (secondary N) is 1. The van der Waals surface area contributed by atoms with Crippen LogP contribution in [0.15, 0.2) is 54.9 Å². The molecule has 13 heteroatoms. The lowest BCUT2D eigenvalue weighted by Gasteiger charge is -2.31. The Hall–Kier alpha value is -4.52. The van der Waals surface area contributed by atoms with Crippen LogP contribution in [0, 0.1) is 11.6 Å². The molecule has 2 aromatic heterocycles. The quantitative estimate of drug-likeness (QED) is 0.358. The first kappa shape index (κ1) is 27.6. The molecule has 42 heavy (non-hydrogen) atoms. The van der Waals surface area contributed by atoms with Crippen molar-refractivity contribution in [2.24, 2.45) is 0 Å². The first-order valence-corrected chi connectivity index (χ1v) is 13.7. The number of piperidine rings is 1. The fourth-order valence-corrected chi connectivity index (χ4v) is 5.79. The number of fused-ring (bicyclic) bond motifs is 1. The van der Waals surface area contributed by atoms with Crippen LogP contribution < -0.4 is 10.2 Å². The number of benzene rings is 2. The summed E-state index contributed by atoms with van der Waals surface area (Å²) in [6, 6.07) is 9.75. The highest BCUT2D eigenvalue weighted by Crippen LogP contribution is 2.38. The lowest BCUT2D eigenvalue weighted by Crippen LogP contribution is -2.39. The summed E-state index contributed by atoms with van der Waals surface area (Å²) in [6.07, 6.45) is 3.13. The summed E-state index contributed by atoms with van der Waals surface area (Å²) in [5, 5.41) is 19.9. The molecule has 2 saturated heterocycles. The van der Waals surface area contributed by atoms with Crippen LogP contribution in [0.3, 0.4) is 0 Å². The zero-order valence-corrected chi connectivity index (χ0v) is 22.5. The summed E-state index contributed by atoms with van der Waals surface area (Å²) in [7, 11) is 0. The number of amides is 2. The predicted octanol–water partition coefficient (Wildman–Crippen LogP) is 3.64. The van der Waals surface area contributed by atoms with E-state index in [1.54, 1.807) is 21.9 Å². The number of aliphatic hydroxyl groups is 1. The van der Waals surface area contributed by atoms with Gasteiger partial charge in [-0.1, -0.05) is 12.1 Å². The molecule has 4 aromatic rings. The second-order valence-electron chi connectivity index (χ2n) is 10.6. The Bertz CT molecular complexity index is 1620. The summed E-state index contributed by atoms with van der Waals surface area (Å²) in [6.45, 7) is 0.608. The highest BCUT2D eigenvalue weighted by Gasteiger charge is 2.36. The fourth-order valence-electron chi connectivity index (χ4n) is 5.79. The van der Waals surface area contributed by atoms with Gasteiger partial charge in [-0.15, -0.1) is 10.2 Å². The summed E-state index contributed by atoms with van der Waals surface area (Å²) in [5.74, 6) is -1.54. The number of halogens is 3. The van der Waals surface area contributed by atoms with E-state index in [2.05, 4.69) is 20.5 Å². The minimum absolute atomic E-state index is 0.0249.